The van der Waals surface area contributed by atoms with Crippen LogP contribution in [0.2, 0.25) is 0 Å². The van der Waals surface area contributed by atoms with E-state index in [2.05, 4.69) is 5.32 Å². The lowest BCUT2D eigenvalue weighted by molar-refractivity contribution is -0.121. The predicted octanol–water partition coefficient (Wildman–Crippen LogP) is 0.495. The molecule has 0 radical (unpaired) electrons. The molecule has 3 nitrogen and oxygen atoms in total. The molecule has 0 aliphatic carbocycles. The van der Waals surface area contributed by atoms with Crippen LogP contribution in [0, 0.1) is 0 Å². The fourth-order valence-electron chi connectivity index (χ4n) is 0.638. The van der Waals surface area contributed by atoms with E-state index in [1.165, 1.54) is 0 Å². The molecule has 0 aromatic rings. The molecule has 12 heavy (non-hydrogen) atoms. The van der Waals surface area contributed by atoms with Gasteiger partial charge in [-0.05, 0) is 13.3 Å². The summed E-state index contributed by atoms with van der Waals surface area (Å²) in [5, 5.41) is 2.09. The summed E-state index contributed by atoms with van der Waals surface area (Å²) in [5.74, 6) is -0.368. The summed E-state index contributed by atoms with van der Waals surface area (Å²) in [6.45, 7) is 1.19. The van der Waals surface area contributed by atoms with Gasteiger partial charge in [0.25, 0.3) is 6.43 Å². The molecule has 1 unspecified atom stereocenters. The molecule has 1 atom stereocenters. The van der Waals surface area contributed by atoms with Gasteiger partial charge >= 0.3 is 0 Å². The first-order valence-electron chi connectivity index (χ1n) is 3.82. The molecule has 0 rings (SSSR count). The second-order valence-electron chi connectivity index (χ2n) is 2.71. The first-order chi connectivity index (χ1) is 5.52. The van der Waals surface area contributed by atoms with E-state index >= 15 is 0 Å². The van der Waals surface area contributed by atoms with Crippen molar-refractivity contribution in [3.63, 3.8) is 0 Å². The Balaban J connectivity index is 3.34. The summed E-state index contributed by atoms with van der Waals surface area (Å²) >= 11 is 0. The molecule has 3 N–H and O–H groups in total. The molecule has 0 saturated carbocycles. The van der Waals surface area contributed by atoms with Crippen LogP contribution in [0.3, 0.4) is 0 Å². The van der Waals surface area contributed by atoms with Crippen LogP contribution in [0.1, 0.15) is 19.8 Å². The molecule has 1 amide bonds. The number of nitrogens with one attached hydrogen (secondary N) is 1. The number of amides is 1. The smallest absolute Gasteiger partial charge is 0.255 e. The van der Waals surface area contributed by atoms with Crippen LogP contribution in [-0.2, 0) is 4.79 Å². The number of hydrogen-bond donors (Lipinski definition) is 2. The lowest BCUT2D eigenvalue weighted by Crippen LogP contribution is -2.29. The minimum Gasteiger partial charge on any atom is -0.350 e. The standard InChI is InChI=1S/C7H14F2N2O/c1-5(10)2-3-7(12)11-4-6(8)9/h5-6H,2-4,10H2,1H3,(H,11,12). The van der Waals surface area contributed by atoms with E-state index in [1.54, 1.807) is 6.92 Å². The minimum atomic E-state index is -2.48. The summed E-state index contributed by atoms with van der Waals surface area (Å²) in [6, 6.07) is -0.0673. The van der Waals surface area contributed by atoms with E-state index < -0.39 is 13.0 Å². The van der Waals surface area contributed by atoms with Gasteiger partial charge in [0.05, 0.1) is 6.54 Å². The number of rotatable bonds is 5. The maximum absolute atomic E-state index is 11.6. The number of halogens is 2. The molecule has 0 saturated heterocycles. The Labute approximate surface area is 70.3 Å². The quantitative estimate of drug-likeness (QED) is 0.647. The van der Waals surface area contributed by atoms with Gasteiger partial charge in [-0.15, -0.1) is 0 Å². The molecule has 0 aliphatic heterocycles. The first kappa shape index (κ1) is 11.3. The van der Waals surface area contributed by atoms with E-state index in [9.17, 15) is 13.6 Å². The highest BCUT2D eigenvalue weighted by molar-refractivity contribution is 5.75. The van der Waals surface area contributed by atoms with Crippen molar-refractivity contribution in [2.45, 2.75) is 32.2 Å². The molecule has 0 fully saturated rings. The normalized spacial score (nSPS) is 13.1. The Morgan fingerprint density at radius 3 is 2.58 bits per heavy atom. The molecule has 0 spiro atoms. The Bertz CT molecular complexity index is 125. The van der Waals surface area contributed by atoms with Gasteiger partial charge in [0.2, 0.25) is 5.91 Å². The Morgan fingerprint density at radius 1 is 1.58 bits per heavy atom. The van der Waals surface area contributed by atoms with E-state index in [0.717, 1.165) is 0 Å². The van der Waals surface area contributed by atoms with E-state index in [-0.39, 0.29) is 18.4 Å². The molecule has 5 heteroatoms. The van der Waals surface area contributed by atoms with Gasteiger partial charge in [-0.3, -0.25) is 4.79 Å². The fraction of sp³-hybridized carbons (Fsp3) is 0.857. The van der Waals surface area contributed by atoms with Crippen LogP contribution in [0.25, 0.3) is 0 Å². The molecule has 0 bridgehead atoms. The van der Waals surface area contributed by atoms with Crippen molar-refractivity contribution in [3.05, 3.63) is 0 Å². The van der Waals surface area contributed by atoms with Crippen LogP contribution in [0.15, 0.2) is 0 Å². The van der Waals surface area contributed by atoms with Crippen molar-refractivity contribution in [1.82, 2.24) is 5.32 Å². The summed E-state index contributed by atoms with van der Waals surface area (Å²) < 4.78 is 23.1. The zero-order valence-corrected chi connectivity index (χ0v) is 7.02. The lowest BCUT2D eigenvalue weighted by Gasteiger charge is -2.05. The van der Waals surface area contributed by atoms with Crippen LogP contribution < -0.4 is 11.1 Å². The largest absolute Gasteiger partial charge is 0.350 e. The van der Waals surface area contributed by atoms with Crippen molar-refractivity contribution < 1.29 is 13.6 Å². The first-order valence-corrected chi connectivity index (χ1v) is 3.82. The van der Waals surface area contributed by atoms with Crippen molar-refractivity contribution in [2.24, 2.45) is 5.73 Å². The van der Waals surface area contributed by atoms with Gasteiger partial charge in [-0.1, -0.05) is 0 Å². The fourth-order valence-corrected chi connectivity index (χ4v) is 0.638. The van der Waals surface area contributed by atoms with Crippen LogP contribution in [0.5, 0.6) is 0 Å². The van der Waals surface area contributed by atoms with E-state index in [0.29, 0.717) is 6.42 Å². The highest BCUT2D eigenvalue weighted by Crippen LogP contribution is 1.94. The van der Waals surface area contributed by atoms with Crippen molar-refractivity contribution in [2.75, 3.05) is 6.54 Å². The van der Waals surface area contributed by atoms with Crippen molar-refractivity contribution in [3.8, 4) is 0 Å². The number of alkyl halides is 2. The lowest BCUT2D eigenvalue weighted by atomic mass is 10.2. The number of hydrogen-bond acceptors (Lipinski definition) is 2. The van der Waals surface area contributed by atoms with Crippen LogP contribution >= 0.6 is 0 Å². The average molecular weight is 180 g/mol. The zero-order chi connectivity index (χ0) is 9.56. The van der Waals surface area contributed by atoms with Gasteiger partial charge in [-0.25, -0.2) is 8.78 Å². The summed E-state index contributed by atoms with van der Waals surface area (Å²) in [5.41, 5.74) is 5.37. The zero-order valence-electron chi connectivity index (χ0n) is 7.02. The Hall–Kier alpha value is -0.710. The van der Waals surface area contributed by atoms with Gasteiger partial charge < -0.3 is 11.1 Å². The molecule has 0 heterocycles. The molecule has 72 valence electrons. The summed E-state index contributed by atoms with van der Waals surface area (Å²) in [7, 11) is 0. The molecule has 0 aromatic carbocycles. The SMILES string of the molecule is CC(N)CCC(=O)NCC(F)F. The number of nitrogens with two attached hydrogens (primary N) is 1. The molecule has 0 aliphatic rings. The average Bonchev–Trinajstić information content (AvgIpc) is 1.96. The monoisotopic (exact) mass is 180 g/mol. The van der Waals surface area contributed by atoms with Gasteiger partial charge in [0.1, 0.15) is 0 Å². The molecular formula is C7H14F2N2O. The Kier molecular flexibility index (Phi) is 5.53. The van der Waals surface area contributed by atoms with Crippen LogP contribution in [-0.4, -0.2) is 24.9 Å². The third-order valence-electron chi connectivity index (χ3n) is 1.28. The second kappa shape index (κ2) is 5.88. The van der Waals surface area contributed by atoms with Gasteiger partial charge in [0, 0.05) is 12.5 Å². The topological polar surface area (TPSA) is 55.1 Å². The Morgan fingerprint density at radius 2 is 2.17 bits per heavy atom. The van der Waals surface area contributed by atoms with Crippen molar-refractivity contribution in [1.29, 1.82) is 0 Å². The minimum absolute atomic E-state index is 0.0673. The maximum Gasteiger partial charge on any atom is 0.255 e. The number of carbonyl (C=O) groups is 1. The maximum atomic E-state index is 11.6. The van der Waals surface area contributed by atoms with Gasteiger partial charge in [-0.2, -0.15) is 0 Å². The van der Waals surface area contributed by atoms with E-state index in [1.807, 2.05) is 0 Å². The highest BCUT2D eigenvalue weighted by Gasteiger charge is 2.06. The van der Waals surface area contributed by atoms with Crippen LogP contribution in [0.4, 0.5) is 8.78 Å². The third-order valence-corrected chi connectivity index (χ3v) is 1.28. The molecular weight excluding hydrogens is 166 g/mol. The second-order valence-corrected chi connectivity index (χ2v) is 2.71. The van der Waals surface area contributed by atoms with Crippen molar-refractivity contribution >= 4 is 5.91 Å². The number of carbonyl (C=O) groups excluding carboxylic acids is 1. The highest BCUT2D eigenvalue weighted by atomic mass is 19.3. The predicted molar refractivity (Wildman–Crippen MR) is 41.9 cm³/mol. The van der Waals surface area contributed by atoms with E-state index in [4.69, 9.17) is 5.73 Å². The molecule has 0 aromatic heterocycles. The summed E-state index contributed by atoms with van der Waals surface area (Å²) in [6.07, 6.45) is -1.75. The summed E-state index contributed by atoms with van der Waals surface area (Å²) in [4.78, 5) is 10.8. The third kappa shape index (κ3) is 7.40. The van der Waals surface area contributed by atoms with Gasteiger partial charge in [0.15, 0.2) is 0 Å².